The van der Waals surface area contributed by atoms with Gasteiger partial charge in [-0.15, -0.1) is 0 Å². The van der Waals surface area contributed by atoms with E-state index in [4.69, 9.17) is 4.42 Å². The van der Waals surface area contributed by atoms with Crippen LogP contribution in [0, 0.1) is 13.8 Å². The van der Waals surface area contributed by atoms with Crippen LogP contribution in [0.2, 0.25) is 0 Å². The summed E-state index contributed by atoms with van der Waals surface area (Å²) in [5.41, 5.74) is 2.42. The maximum absolute atomic E-state index is 12.8. The summed E-state index contributed by atoms with van der Waals surface area (Å²) >= 11 is 0. The van der Waals surface area contributed by atoms with Gasteiger partial charge in [0.2, 0.25) is 5.91 Å². The maximum Gasteiger partial charge on any atom is 0.254 e. The minimum absolute atomic E-state index is 0.0601. The number of hydrogen-bond donors (Lipinski definition) is 1. The fraction of sp³-hybridized carbons (Fsp3) is 0.400. The monoisotopic (exact) mass is 366 g/mol. The van der Waals surface area contributed by atoms with Crippen molar-refractivity contribution < 1.29 is 9.21 Å². The van der Waals surface area contributed by atoms with Crippen LogP contribution in [0.15, 0.2) is 33.5 Å². The summed E-state index contributed by atoms with van der Waals surface area (Å²) in [6.45, 7) is 4.74. The van der Waals surface area contributed by atoms with Crippen molar-refractivity contribution >= 4 is 17.0 Å². The Morgan fingerprint density at radius 1 is 1.30 bits per heavy atom. The molecule has 0 saturated carbocycles. The van der Waals surface area contributed by atoms with Crippen molar-refractivity contribution in [3.8, 4) is 0 Å². The van der Waals surface area contributed by atoms with Crippen molar-refractivity contribution in [3.63, 3.8) is 0 Å². The third kappa shape index (κ3) is 3.49. The van der Waals surface area contributed by atoms with Gasteiger partial charge in [0.1, 0.15) is 11.3 Å². The molecule has 1 aromatic carbocycles. The van der Waals surface area contributed by atoms with Crippen LogP contribution >= 0.6 is 0 Å². The van der Waals surface area contributed by atoms with E-state index in [1.165, 1.54) is 0 Å². The second-order valence-corrected chi connectivity index (χ2v) is 7.09. The lowest BCUT2D eigenvalue weighted by molar-refractivity contribution is -0.131. The number of para-hydroxylation sites is 2. The highest BCUT2D eigenvalue weighted by Gasteiger charge is 2.28. The van der Waals surface area contributed by atoms with Gasteiger partial charge in [-0.05, 0) is 38.8 Å². The predicted molar refractivity (Wildman–Crippen MR) is 101 cm³/mol. The van der Waals surface area contributed by atoms with Gasteiger partial charge in [0, 0.05) is 24.3 Å². The molecule has 0 aliphatic carbocycles. The van der Waals surface area contributed by atoms with E-state index in [-0.39, 0.29) is 23.8 Å². The Morgan fingerprint density at radius 3 is 2.89 bits per heavy atom. The fourth-order valence-corrected chi connectivity index (χ4v) is 3.69. The summed E-state index contributed by atoms with van der Waals surface area (Å²) in [7, 11) is 0. The van der Waals surface area contributed by atoms with Crippen molar-refractivity contribution in [2.45, 2.75) is 39.0 Å². The van der Waals surface area contributed by atoms with Crippen LogP contribution in [-0.2, 0) is 11.2 Å². The van der Waals surface area contributed by atoms with Gasteiger partial charge in [-0.3, -0.25) is 9.59 Å². The molecule has 1 aliphatic rings. The number of fused-ring (bicyclic) bond motifs is 1. The molecule has 1 fully saturated rings. The Bertz CT molecular complexity index is 1020. The van der Waals surface area contributed by atoms with Gasteiger partial charge in [-0.25, -0.2) is 9.97 Å². The number of amides is 1. The van der Waals surface area contributed by atoms with E-state index < -0.39 is 0 Å². The summed E-state index contributed by atoms with van der Waals surface area (Å²) in [5.74, 6) is 1.25. The van der Waals surface area contributed by atoms with Gasteiger partial charge in [0.25, 0.3) is 5.56 Å². The number of aromatic amines is 1. The number of H-pyrrole nitrogens is 1. The molecular weight excluding hydrogens is 344 g/mol. The molecule has 3 heterocycles. The number of hydrogen-bond acceptors (Lipinski definition) is 5. The molecule has 1 amide bonds. The number of aromatic nitrogens is 3. The van der Waals surface area contributed by atoms with Crippen LogP contribution in [0.3, 0.4) is 0 Å². The molecule has 140 valence electrons. The molecule has 4 rings (SSSR count). The maximum atomic E-state index is 12.8. The molecule has 7 nitrogen and oxygen atoms in total. The molecule has 0 radical (unpaired) electrons. The highest BCUT2D eigenvalue weighted by molar-refractivity contribution is 5.79. The number of rotatable bonds is 3. The van der Waals surface area contributed by atoms with E-state index in [2.05, 4.69) is 15.0 Å². The highest BCUT2D eigenvalue weighted by Crippen LogP contribution is 2.29. The Balaban J connectivity index is 1.51. The normalized spacial score (nSPS) is 17.4. The molecule has 1 saturated heterocycles. The van der Waals surface area contributed by atoms with Crippen LogP contribution in [0.5, 0.6) is 0 Å². The van der Waals surface area contributed by atoms with Crippen LogP contribution in [-0.4, -0.2) is 38.8 Å². The first kappa shape index (κ1) is 17.5. The standard InChI is InChI=1S/C20H22N4O3/c1-12-15(19(26)22-13(2)21-12)10-18(25)24-9-5-6-14(11-24)20-23-16-7-3-4-8-17(16)27-20/h3-4,7-8,14H,5-6,9-11H2,1-2H3,(H,21,22,26)/t14-/m0/s1. The first-order valence-electron chi connectivity index (χ1n) is 9.21. The third-order valence-corrected chi connectivity index (χ3v) is 5.10. The zero-order chi connectivity index (χ0) is 19.0. The average Bonchev–Trinajstić information content (AvgIpc) is 3.09. The van der Waals surface area contributed by atoms with E-state index in [0.717, 1.165) is 23.9 Å². The summed E-state index contributed by atoms with van der Waals surface area (Å²) in [6, 6.07) is 7.68. The lowest BCUT2D eigenvalue weighted by Gasteiger charge is -2.31. The quantitative estimate of drug-likeness (QED) is 0.769. The molecule has 0 bridgehead atoms. The van der Waals surface area contributed by atoms with Gasteiger partial charge in [0.05, 0.1) is 12.3 Å². The lowest BCUT2D eigenvalue weighted by atomic mass is 9.97. The van der Waals surface area contributed by atoms with Gasteiger partial charge in [-0.2, -0.15) is 0 Å². The second kappa shape index (κ2) is 6.98. The van der Waals surface area contributed by atoms with Gasteiger partial charge in [-0.1, -0.05) is 12.1 Å². The zero-order valence-electron chi connectivity index (χ0n) is 15.5. The number of carbonyl (C=O) groups is 1. The SMILES string of the molecule is Cc1nc(C)c(CC(=O)N2CCC[C@H](c3nc4ccccc4o3)C2)c(=O)[nH]1. The minimum Gasteiger partial charge on any atom is -0.440 e. The van der Waals surface area contributed by atoms with Crippen molar-refractivity contribution in [2.24, 2.45) is 0 Å². The van der Waals surface area contributed by atoms with Crippen LogP contribution in [0.4, 0.5) is 0 Å². The van der Waals surface area contributed by atoms with E-state index in [9.17, 15) is 9.59 Å². The van der Waals surface area contributed by atoms with E-state index >= 15 is 0 Å². The van der Waals surface area contributed by atoms with Crippen molar-refractivity contribution in [1.29, 1.82) is 0 Å². The van der Waals surface area contributed by atoms with Crippen molar-refractivity contribution in [2.75, 3.05) is 13.1 Å². The summed E-state index contributed by atoms with van der Waals surface area (Å²) in [6.07, 6.45) is 1.88. The number of nitrogens with zero attached hydrogens (tertiary/aromatic N) is 3. The van der Waals surface area contributed by atoms with Crippen molar-refractivity contribution in [3.05, 3.63) is 57.6 Å². The van der Waals surface area contributed by atoms with Gasteiger partial charge in [0.15, 0.2) is 11.5 Å². The Labute approximate surface area is 156 Å². The fourth-order valence-electron chi connectivity index (χ4n) is 3.69. The van der Waals surface area contributed by atoms with E-state index in [1.807, 2.05) is 29.2 Å². The minimum atomic E-state index is -0.235. The predicted octanol–water partition coefficient (Wildman–Crippen LogP) is 2.48. The smallest absolute Gasteiger partial charge is 0.254 e. The summed E-state index contributed by atoms with van der Waals surface area (Å²) < 4.78 is 5.89. The molecule has 0 spiro atoms. The molecule has 0 unspecified atom stereocenters. The van der Waals surface area contributed by atoms with Crippen LogP contribution in [0.25, 0.3) is 11.1 Å². The number of piperidine rings is 1. The molecule has 27 heavy (non-hydrogen) atoms. The number of oxazole rings is 1. The number of carbonyl (C=O) groups excluding carboxylic acids is 1. The largest absolute Gasteiger partial charge is 0.440 e. The zero-order valence-corrected chi connectivity index (χ0v) is 15.5. The number of benzene rings is 1. The second-order valence-electron chi connectivity index (χ2n) is 7.09. The third-order valence-electron chi connectivity index (χ3n) is 5.10. The molecule has 1 aliphatic heterocycles. The Kier molecular flexibility index (Phi) is 4.51. The first-order valence-corrected chi connectivity index (χ1v) is 9.21. The van der Waals surface area contributed by atoms with Gasteiger partial charge < -0.3 is 14.3 Å². The van der Waals surface area contributed by atoms with E-state index in [1.54, 1.807) is 13.8 Å². The van der Waals surface area contributed by atoms with Gasteiger partial charge >= 0.3 is 0 Å². The van der Waals surface area contributed by atoms with E-state index in [0.29, 0.717) is 36.1 Å². The topological polar surface area (TPSA) is 92.1 Å². The lowest BCUT2D eigenvalue weighted by Crippen LogP contribution is -2.41. The molecule has 2 aromatic heterocycles. The number of nitrogens with one attached hydrogen (secondary N) is 1. The first-order chi connectivity index (χ1) is 13.0. The number of likely N-dealkylation sites (tertiary alicyclic amines) is 1. The van der Waals surface area contributed by atoms with Crippen LogP contribution in [0.1, 0.15) is 41.7 Å². The molecule has 3 aromatic rings. The van der Waals surface area contributed by atoms with Crippen molar-refractivity contribution in [1.82, 2.24) is 19.9 Å². The molecular formula is C20H22N4O3. The Hall–Kier alpha value is -2.96. The Morgan fingerprint density at radius 2 is 2.11 bits per heavy atom. The molecule has 1 atom stereocenters. The average molecular weight is 366 g/mol. The summed E-state index contributed by atoms with van der Waals surface area (Å²) in [4.78, 5) is 38.3. The number of aryl methyl sites for hydroxylation is 2. The highest BCUT2D eigenvalue weighted by atomic mass is 16.3. The molecule has 7 heteroatoms. The summed E-state index contributed by atoms with van der Waals surface area (Å²) in [5, 5.41) is 0. The van der Waals surface area contributed by atoms with Crippen LogP contribution < -0.4 is 5.56 Å². The molecule has 1 N–H and O–H groups in total.